The molecule has 1 heterocycles. The first-order valence-corrected chi connectivity index (χ1v) is 11.3. The van der Waals surface area contributed by atoms with Crippen molar-refractivity contribution in [3.05, 3.63) is 77.8 Å². The molecule has 0 fully saturated rings. The third-order valence-corrected chi connectivity index (χ3v) is 4.60. The maximum atomic E-state index is 13.1. The van der Waals surface area contributed by atoms with E-state index in [1.54, 1.807) is 18.3 Å². The number of nitrogens with one attached hydrogen (secondary N) is 1. The Morgan fingerprint density at radius 2 is 1.66 bits per heavy atom. The van der Waals surface area contributed by atoms with E-state index in [1.165, 1.54) is 31.5 Å². The lowest BCUT2D eigenvalue weighted by Gasteiger charge is -2.17. The van der Waals surface area contributed by atoms with Crippen LogP contribution in [0.5, 0.6) is 5.88 Å². The summed E-state index contributed by atoms with van der Waals surface area (Å²) in [7, 11) is 2.67. The molecule has 2 aromatic carbocycles. The van der Waals surface area contributed by atoms with Crippen molar-refractivity contribution in [2.24, 2.45) is 11.6 Å². The zero-order valence-electron chi connectivity index (χ0n) is 21.2. The standard InChI is InChI=1S/C22H23N5O4.2C2H6/c1-30-19-10-9-18(20(26-19)22(29)31-2)25-21(28)17-8-7-14(13-27(24)12-11-23)15-5-3-4-6-16(15)17;2*1-2/h3-12H,13,23-24H2,1-2H3,(H,25,28);2*1-2H3/b12-11-;;. The van der Waals surface area contributed by atoms with Gasteiger partial charge < -0.3 is 25.5 Å². The van der Waals surface area contributed by atoms with Crippen LogP contribution in [-0.2, 0) is 11.3 Å². The van der Waals surface area contributed by atoms with E-state index in [2.05, 4.69) is 10.3 Å². The number of fused-ring (bicyclic) bond motifs is 1. The normalized spacial score (nSPS) is 9.91. The Morgan fingerprint density at radius 1 is 1.00 bits per heavy atom. The van der Waals surface area contributed by atoms with Gasteiger partial charge in [0.15, 0.2) is 5.69 Å². The average molecular weight is 482 g/mol. The topological polar surface area (TPSA) is 133 Å². The van der Waals surface area contributed by atoms with Crippen LogP contribution >= 0.6 is 0 Å². The molecule has 0 aliphatic rings. The third-order valence-electron chi connectivity index (χ3n) is 4.60. The summed E-state index contributed by atoms with van der Waals surface area (Å²) in [6.45, 7) is 8.41. The van der Waals surface area contributed by atoms with E-state index in [0.29, 0.717) is 12.1 Å². The van der Waals surface area contributed by atoms with Crippen LogP contribution in [-0.4, -0.2) is 36.1 Å². The van der Waals surface area contributed by atoms with Gasteiger partial charge in [-0.1, -0.05) is 58.0 Å². The minimum Gasteiger partial charge on any atom is -0.481 e. The van der Waals surface area contributed by atoms with Gasteiger partial charge in [0.2, 0.25) is 5.88 Å². The number of nitrogens with two attached hydrogens (primary N) is 2. The first-order chi connectivity index (χ1) is 17.0. The number of nitrogens with zero attached hydrogens (tertiary/aromatic N) is 2. The molecule has 188 valence electrons. The second-order valence-electron chi connectivity index (χ2n) is 6.53. The number of anilines is 1. The highest BCUT2D eigenvalue weighted by molar-refractivity contribution is 6.14. The molecular formula is C26H35N5O4. The molecule has 3 aromatic rings. The number of hydrogen-bond donors (Lipinski definition) is 3. The number of hydrazine groups is 1. The Hall–Kier alpha value is -4.11. The number of rotatable bonds is 7. The number of ether oxygens (including phenoxy) is 2. The maximum Gasteiger partial charge on any atom is 0.358 e. The molecule has 0 aliphatic heterocycles. The summed E-state index contributed by atoms with van der Waals surface area (Å²) in [6, 6.07) is 14.1. The van der Waals surface area contributed by atoms with Crippen LogP contribution in [0.1, 0.15) is 54.1 Å². The van der Waals surface area contributed by atoms with Gasteiger partial charge in [0, 0.05) is 24.0 Å². The number of hydrogen-bond acceptors (Lipinski definition) is 8. The van der Waals surface area contributed by atoms with Crippen molar-refractivity contribution >= 4 is 28.3 Å². The van der Waals surface area contributed by atoms with Gasteiger partial charge in [-0.3, -0.25) is 4.79 Å². The lowest BCUT2D eigenvalue weighted by molar-refractivity contribution is 0.0594. The van der Waals surface area contributed by atoms with Crippen LogP contribution in [0.4, 0.5) is 5.69 Å². The third kappa shape index (κ3) is 7.44. The molecule has 9 nitrogen and oxygen atoms in total. The summed E-state index contributed by atoms with van der Waals surface area (Å²) in [4.78, 5) is 29.3. The molecular weight excluding hydrogens is 446 g/mol. The Kier molecular flexibility index (Phi) is 12.3. The van der Waals surface area contributed by atoms with Crippen molar-refractivity contribution in [2.45, 2.75) is 34.2 Å². The zero-order valence-corrected chi connectivity index (χ0v) is 21.2. The Labute approximate surface area is 206 Å². The minimum atomic E-state index is -0.689. The predicted molar refractivity (Wildman–Crippen MR) is 140 cm³/mol. The molecule has 0 saturated carbocycles. The largest absolute Gasteiger partial charge is 0.481 e. The van der Waals surface area contributed by atoms with Crippen molar-refractivity contribution in [1.29, 1.82) is 0 Å². The fourth-order valence-electron chi connectivity index (χ4n) is 3.16. The van der Waals surface area contributed by atoms with Gasteiger partial charge in [-0.25, -0.2) is 15.6 Å². The second-order valence-corrected chi connectivity index (χ2v) is 6.53. The summed E-state index contributed by atoms with van der Waals surface area (Å²) >= 11 is 0. The summed E-state index contributed by atoms with van der Waals surface area (Å²) in [6.07, 6.45) is 2.91. The van der Waals surface area contributed by atoms with Crippen LogP contribution in [0, 0.1) is 0 Å². The monoisotopic (exact) mass is 481 g/mol. The van der Waals surface area contributed by atoms with Gasteiger partial charge in [0.25, 0.3) is 5.91 Å². The molecule has 5 N–H and O–H groups in total. The number of benzene rings is 2. The van der Waals surface area contributed by atoms with Crippen molar-refractivity contribution in [1.82, 2.24) is 9.99 Å². The summed E-state index contributed by atoms with van der Waals surface area (Å²) in [5.41, 5.74) is 6.92. The fourth-order valence-corrected chi connectivity index (χ4v) is 3.16. The van der Waals surface area contributed by atoms with Gasteiger partial charge in [-0.05, 0) is 28.5 Å². The fraction of sp³-hybridized carbons (Fsp3) is 0.269. The van der Waals surface area contributed by atoms with Gasteiger partial charge in [-0.15, -0.1) is 0 Å². The molecule has 0 aliphatic carbocycles. The first-order valence-electron chi connectivity index (χ1n) is 11.3. The van der Waals surface area contributed by atoms with Gasteiger partial charge in [-0.2, -0.15) is 0 Å². The zero-order chi connectivity index (χ0) is 26.4. The molecule has 9 heteroatoms. The summed E-state index contributed by atoms with van der Waals surface area (Å²) in [5.74, 6) is 5.06. The van der Waals surface area contributed by atoms with E-state index in [1.807, 2.05) is 58.0 Å². The first kappa shape index (κ1) is 28.9. The van der Waals surface area contributed by atoms with Gasteiger partial charge in [0.1, 0.15) is 0 Å². The Morgan fingerprint density at radius 3 is 2.26 bits per heavy atom. The van der Waals surface area contributed by atoms with E-state index in [9.17, 15) is 9.59 Å². The molecule has 3 rings (SSSR count). The molecule has 35 heavy (non-hydrogen) atoms. The number of esters is 1. The Balaban J connectivity index is 0.00000145. The van der Waals surface area contributed by atoms with E-state index in [-0.39, 0.29) is 17.3 Å². The van der Waals surface area contributed by atoms with Crippen LogP contribution in [0.2, 0.25) is 0 Å². The lowest BCUT2D eigenvalue weighted by atomic mass is 9.98. The number of carbonyl (C=O) groups excluding carboxylic acids is 2. The summed E-state index contributed by atoms with van der Waals surface area (Å²) in [5, 5.41) is 5.81. The van der Waals surface area contributed by atoms with Gasteiger partial charge >= 0.3 is 5.97 Å². The highest BCUT2D eigenvalue weighted by atomic mass is 16.5. The minimum absolute atomic E-state index is 0.0523. The lowest BCUT2D eigenvalue weighted by Crippen LogP contribution is -2.25. The highest BCUT2D eigenvalue weighted by Crippen LogP contribution is 2.26. The molecule has 1 amide bonds. The van der Waals surface area contributed by atoms with Crippen LogP contribution in [0.25, 0.3) is 10.8 Å². The van der Waals surface area contributed by atoms with Gasteiger partial charge in [0.05, 0.1) is 26.5 Å². The number of pyridine rings is 1. The van der Waals surface area contributed by atoms with Crippen LogP contribution in [0.3, 0.4) is 0 Å². The molecule has 0 radical (unpaired) electrons. The molecule has 1 aromatic heterocycles. The van der Waals surface area contributed by atoms with Crippen LogP contribution in [0.15, 0.2) is 60.9 Å². The smallest absolute Gasteiger partial charge is 0.358 e. The molecule has 0 bridgehead atoms. The predicted octanol–water partition coefficient (Wildman–Crippen LogP) is 4.44. The quantitative estimate of drug-likeness (QED) is 0.256. The summed E-state index contributed by atoms with van der Waals surface area (Å²) < 4.78 is 9.82. The second kappa shape index (κ2) is 14.9. The van der Waals surface area contributed by atoms with E-state index >= 15 is 0 Å². The number of amides is 1. The Bertz CT molecular complexity index is 1150. The van der Waals surface area contributed by atoms with Crippen molar-refractivity contribution in [3.8, 4) is 5.88 Å². The molecule has 0 unspecified atom stereocenters. The average Bonchev–Trinajstić information content (AvgIpc) is 2.91. The number of methoxy groups -OCH3 is 2. The highest BCUT2D eigenvalue weighted by Gasteiger charge is 2.19. The van der Waals surface area contributed by atoms with E-state index < -0.39 is 11.9 Å². The van der Waals surface area contributed by atoms with E-state index in [0.717, 1.165) is 16.3 Å². The van der Waals surface area contributed by atoms with Crippen molar-refractivity contribution < 1.29 is 19.1 Å². The molecule has 0 atom stereocenters. The molecule has 0 saturated heterocycles. The van der Waals surface area contributed by atoms with Crippen LogP contribution < -0.4 is 21.6 Å². The maximum absolute atomic E-state index is 13.1. The van der Waals surface area contributed by atoms with Crippen molar-refractivity contribution in [3.63, 3.8) is 0 Å². The molecule has 0 spiro atoms. The van der Waals surface area contributed by atoms with E-state index in [4.69, 9.17) is 21.1 Å². The number of aromatic nitrogens is 1. The number of carbonyl (C=O) groups is 2. The van der Waals surface area contributed by atoms with Crippen molar-refractivity contribution in [2.75, 3.05) is 19.5 Å². The SMILES string of the molecule is CC.CC.COC(=O)c1nc(OC)ccc1NC(=O)c1ccc(CN(N)/C=C\N)c2ccccc12.